The number of piperidine rings is 1. The molecule has 1 aliphatic rings. The fraction of sp³-hybridized carbons (Fsp3) is 0.500. The van der Waals surface area contributed by atoms with E-state index in [1.165, 1.54) is 11.3 Å². The molecule has 1 aliphatic heterocycles. The minimum atomic E-state index is 0.421. The zero-order chi connectivity index (χ0) is 11.5. The highest BCUT2D eigenvalue weighted by Crippen LogP contribution is 2.21. The molecule has 3 heterocycles. The molecule has 2 aromatic heterocycles. The van der Waals surface area contributed by atoms with E-state index in [1.807, 2.05) is 6.07 Å². The van der Waals surface area contributed by atoms with Gasteiger partial charge in [-0.15, -0.1) is 11.3 Å². The van der Waals surface area contributed by atoms with Crippen LogP contribution in [-0.2, 0) is 6.42 Å². The third kappa shape index (κ3) is 2.56. The molecule has 3 rings (SSSR count). The van der Waals surface area contributed by atoms with Crippen LogP contribution in [0.15, 0.2) is 22.0 Å². The molecular weight excluding hydrogens is 234 g/mol. The van der Waals surface area contributed by atoms with Crippen molar-refractivity contribution in [2.45, 2.75) is 25.2 Å². The van der Waals surface area contributed by atoms with Gasteiger partial charge in [0.15, 0.2) is 5.82 Å². The maximum atomic E-state index is 5.31. The second kappa shape index (κ2) is 4.98. The lowest BCUT2D eigenvalue weighted by Crippen LogP contribution is -2.28. The van der Waals surface area contributed by atoms with Gasteiger partial charge in [-0.2, -0.15) is 4.98 Å². The Labute approximate surface area is 104 Å². The van der Waals surface area contributed by atoms with Crippen LogP contribution in [0.2, 0.25) is 0 Å². The summed E-state index contributed by atoms with van der Waals surface area (Å²) in [5, 5.41) is 9.53. The van der Waals surface area contributed by atoms with Gasteiger partial charge in [0, 0.05) is 17.3 Å². The van der Waals surface area contributed by atoms with Gasteiger partial charge in [0.2, 0.25) is 5.89 Å². The predicted molar refractivity (Wildman–Crippen MR) is 66.3 cm³/mol. The van der Waals surface area contributed by atoms with Crippen LogP contribution in [0, 0.1) is 0 Å². The standard InChI is InChI=1S/C12H15N3OS/c1-3-9(8-13-5-1)12-14-11(16-15-12)7-10-4-2-6-17-10/h2,4,6,9,13H,1,3,5,7-8H2. The maximum Gasteiger partial charge on any atom is 0.231 e. The van der Waals surface area contributed by atoms with Gasteiger partial charge in [0.05, 0.1) is 6.42 Å². The topological polar surface area (TPSA) is 51.0 Å². The van der Waals surface area contributed by atoms with Crippen LogP contribution in [0.4, 0.5) is 0 Å². The number of aromatic nitrogens is 2. The molecule has 0 radical (unpaired) electrons. The van der Waals surface area contributed by atoms with E-state index in [2.05, 4.69) is 26.9 Å². The van der Waals surface area contributed by atoms with Gasteiger partial charge < -0.3 is 9.84 Å². The first-order chi connectivity index (χ1) is 8.42. The van der Waals surface area contributed by atoms with Crippen molar-refractivity contribution in [1.29, 1.82) is 0 Å². The molecule has 0 amide bonds. The summed E-state index contributed by atoms with van der Waals surface area (Å²) in [5.74, 6) is 2.02. The Hall–Kier alpha value is -1.20. The van der Waals surface area contributed by atoms with Crippen LogP contribution >= 0.6 is 11.3 Å². The highest BCUT2D eigenvalue weighted by Gasteiger charge is 2.20. The van der Waals surface area contributed by atoms with E-state index in [4.69, 9.17) is 4.52 Å². The molecule has 4 nitrogen and oxygen atoms in total. The summed E-state index contributed by atoms with van der Waals surface area (Å²) in [5.41, 5.74) is 0. The van der Waals surface area contributed by atoms with Crippen molar-refractivity contribution in [3.63, 3.8) is 0 Å². The fourth-order valence-electron chi connectivity index (χ4n) is 2.14. The Morgan fingerprint density at radius 1 is 1.53 bits per heavy atom. The lowest BCUT2D eigenvalue weighted by atomic mass is 9.99. The Balaban J connectivity index is 1.69. The van der Waals surface area contributed by atoms with Crippen molar-refractivity contribution >= 4 is 11.3 Å². The molecular formula is C12H15N3OS. The molecule has 0 saturated carbocycles. The first-order valence-electron chi connectivity index (χ1n) is 5.97. The minimum absolute atomic E-state index is 0.421. The molecule has 0 aromatic carbocycles. The molecule has 1 N–H and O–H groups in total. The van der Waals surface area contributed by atoms with Crippen molar-refractivity contribution in [3.8, 4) is 0 Å². The van der Waals surface area contributed by atoms with Gasteiger partial charge in [0.1, 0.15) is 0 Å². The average Bonchev–Trinajstić information content (AvgIpc) is 3.02. The van der Waals surface area contributed by atoms with Gasteiger partial charge >= 0.3 is 0 Å². The number of nitrogens with zero attached hydrogens (tertiary/aromatic N) is 2. The predicted octanol–water partition coefficient (Wildman–Crippen LogP) is 2.19. The number of rotatable bonds is 3. The van der Waals surface area contributed by atoms with Crippen LogP contribution < -0.4 is 5.32 Å². The lowest BCUT2D eigenvalue weighted by Gasteiger charge is -2.19. The molecule has 5 heteroatoms. The van der Waals surface area contributed by atoms with E-state index in [9.17, 15) is 0 Å². The van der Waals surface area contributed by atoms with Crippen molar-refractivity contribution in [3.05, 3.63) is 34.1 Å². The van der Waals surface area contributed by atoms with Gasteiger partial charge in [-0.1, -0.05) is 11.2 Å². The Morgan fingerprint density at radius 3 is 3.29 bits per heavy atom. The number of hydrogen-bond donors (Lipinski definition) is 1. The first kappa shape index (κ1) is 10.9. The second-order valence-electron chi connectivity index (χ2n) is 4.35. The lowest BCUT2D eigenvalue weighted by molar-refractivity contribution is 0.366. The number of hydrogen-bond acceptors (Lipinski definition) is 5. The summed E-state index contributed by atoms with van der Waals surface area (Å²) in [6, 6.07) is 4.14. The van der Waals surface area contributed by atoms with E-state index in [-0.39, 0.29) is 0 Å². The van der Waals surface area contributed by atoms with Crippen LogP contribution in [0.1, 0.15) is 35.4 Å². The summed E-state index contributed by atoms with van der Waals surface area (Å²) in [6.07, 6.45) is 3.11. The van der Waals surface area contributed by atoms with Crippen LogP contribution in [0.3, 0.4) is 0 Å². The van der Waals surface area contributed by atoms with Crippen LogP contribution in [0.5, 0.6) is 0 Å². The van der Waals surface area contributed by atoms with E-state index in [1.54, 1.807) is 11.3 Å². The average molecular weight is 249 g/mol. The Bertz CT molecular complexity index is 460. The van der Waals surface area contributed by atoms with E-state index in [0.717, 1.165) is 37.6 Å². The maximum absolute atomic E-state index is 5.31. The molecule has 1 atom stereocenters. The van der Waals surface area contributed by atoms with Crippen molar-refractivity contribution in [2.24, 2.45) is 0 Å². The zero-order valence-electron chi connectivity index (χ0n) is 9.56. The smallest absolute Gasteiger partial charge is 0.231 e. The van der Waals surface area contributed by atoms with Gasteiger partial charge in [-0.3, -0.25) is 0 Å². The summed E-state index contributed by atoms with van der Waals surface area (Å²) in [4.78, 5) is 5.76. The van der Waals surface area contributed by atoms with Crippen LogP contribution in [-0.4, -0.2) is 23.2 Å². The third-order valence-corrected chi connectivity index (χ3v) is 3.93. The van der Waals surface area contributed by atoms with Crippen molar-refractivity contribution < 1.29 is 4.52 Å². The molecule has 1 unspecified atom stereocenters. The van der Waals surface area contributed by atoms with Crippen LogP contribution in [0.25, 0.3) is 0 Å². The molecule has 1 saturated heterocycles. The van der Waals surface area contributed by atoms with E-state index < -0.39 is 0 Å². The molecule has 0 bridgehead atoms. The highest BCUT2D eigenvalue weighted by atomic mass is 32.1. The summed E-state index contributed by atoms with van der Waals surface area (Å²) >= 11 is 1.72. The van der Waals surface area contributed by atoms with Gasteiger partial charge in [0.25, 0.3) is 0 Å². The Kier molecular flexibility index (Phi) is 3.20. The molecule has 0 spiro atoms. The highest BCUT2D eigenvalue weighted by molar-refractivity contribution is 7.09. The molecule has 0 aliphatic carbocycles. The third-order valence-electron chi connectivity index (χ3n) is 3.05. The SMILES string of the molecule is c1csc(Cc2nc(C3CCCNC3)no2)c1. The normalized spacial score (nSPS) is 20.6. The molecule has 90 valence electrons. The largest absolute Gasteiger partial charge is 0.339 e. The zero-order valence-corrected chi connectivity index (χ0v) is 10.4. The summed E-state index contributed by atoms with van der Waals surface area (Å²) < 4.78 is 5.31. The number of nitrogens with one attached hydrogen (secondary N) is 1. The van der Waals surface area contributed by atoms with E-state index >= 15 is 0 Å². The molecule has 1 fully saturated rings. The molecule has 17 heavy (non-hydrogen) atoms. The first-order valence-corrected chi connectivity index (χ1v) is 6.85. The van der Waals surface area contributed by atoms with Gasteiger partial charge in [-0.25, -0.2) is 0 Å². The van der Waals surface area contributed by atoms with E-state index in [0.29, 0.717) is 5.92 Å². The Morgan fingerprint density at radius 2 is 2.53 bits per heavy atom. The van der Waals surface area contributed by atoms with Gasteiger partial charge in [-0.05, 0) is 30.8 Å². The monoisotopic (exact) mass is 249 g/mol. The second-order valence-corrected chi connectivity index (χ2v) is 5.38. The minimum Gasteiger partial charge on any atom is -0.339 e. The number of thiophene rings is 1. The fourth-order valence-corrected chi connectivity index (χ4v) is 2.84. The molecule has 2 aromatic rings. The summed E-state index contributed by atoms with van der Waals surface area (Å²) in [7, 11) is 0. The van der Waals surface area contributed by atoms with Crippen molar-refractivity contribution in [1.82, 2.24) is 15.5 Å². The van der Waals surface area contributed by atoms with Crippen molar-refractivity contribution in [2.75, 3.05) is 13.1 Å². The quantitative estimate of drug-likeness (QED) is 0.906. The summed E-state index contributed by atoms with van der Waals surface area (Å²) in [6.45, 7) is 2.08.